The Kier molecular flexibility index (Phi) is 2.68. The van der Waals surface area contributed by atoms with Crippen LogP contribution in [0.2, 0.25) is 0 Å². The van der Waals surface area contributed by atoms with Gasteiger partial charge in [0.15, 0.2) is 5.79 Å². The van der Waals surface area contributed by atoms with E-state index in [0.29, 0.717) is 5.92 Å². The number of allylic oxidation sites excluding steroid dienone is 1. The van der Waals surface area contributed by atoms with E-state index in [1.54, 1.807) is 0 Å². The lowest BCUT2D eigenvalue weighted by atomic mass is 10.1. The van der Waals surface area contributed by atoms with Crippen LogP contribution >= 0.6 is 0 Å². The third kappa shape index (κ3) is 2.64. The average molecular weight is 156 g/mol. The Morgan fingerprint density at radius 2 is 2.00 bits per heavy atom. The van der Waals surface area contributed by atoms with Crippen molar-refractivity contribution >= 4 is 0 Å². The second-order valence-corrected chi connectivity index (χ2v) is 3.41. The fourth-order valence-electron chi connectivity index (χ4n) is 1.10. The molecule has 1 fully saturated rings. The van der Waals surface area contributed by atoms with E-state index in [0.717, 1.165) is 19.6 Å². The van der Waals surface area contributed by atoms with E-state index in [2.05, 4.69) is 6.58 Å². The molecule has 11 heavy (non-hydrogen) atoms. The molecule has 0 saturated carbocycles. The highest BCUT2D eigenvalue weighted by atomic mass is 16.7. The topological polar surface area (TPSA) is 18.5 Å². The minimum atomic E-state index is -0.377. The van der Waals surface area contributed by atoms with Crippen LogP contribution in [0.3, 0.4) is 0 Å². The van der Waals surface area contributed by atoms with Crippen molar-refractivity contribution in [1.29, 1.82) is 0 Å². The fraction of sp³-hybridized carbons (Fsp3) is 0.778. The highest BCUT2D eigenvalue weighted by molar-refractivity contribution is 4.76. The third-order valence-electron chi connectivity index (χ3n) is 1.83. The van der Waals surface area contributed by atoms with Crippen LogP contribution in [0, 0.1) is 5.92 Å². The van der Waals surface area contributed by atoms with E-state index in [4.69, 9.17) is 9.47 Å². The van der Waals surface area contributed by atoms with Crippen molar-refractivity contribution in [2.24, 2.45) is 5.92 Å². The first kappa shape index (κ1) is 8.75. The SMILES string of the molecule is C=CCC1COC(C)(C)OC1. The summed E-state index contributed by atoms with van der Waals surface area (Å²) in [5.74, 6) is 0.123. The molecule has 64 valence electrons. The summed E-state index contributed by atoms with van der Waals surface area (Å²) in [5, 5.41) is 0. The Balaban J connectivity index is 2.30. The average Bonchev–Trinajstić information content (AvgIpc) is 1.94. The van der Waals surface area contributed by atoms with Crippen molar-refractivity contribution in [1.82, 2.24) is 0 Å². The summed E-state index contributed by atoms with van der Waals surface area (Å²) in [5.41, 5.74) is 0. The van der Waals surface area contributed by atoms with E-state index in [-0.39, 0.29) is 5.79 Å². The van der Waals surface area contributed by atoms with Crippen LogP contribution in [0.4, 0.5) is 0 Å². The third-order valence-corrected chi connectivity index (χ3v) is 1.83. The maximum Gasteiger partial charge on any atom is 0.162 e. The van der Waals surface area contributed by atoms with E-state index >= 15 is 0 Å². The highest BCUT2D eigenvalue weighted by Crippen LogP contribution is 2.21. The molecule has 0 aromatic rings. The van der Waals surface area contributed by atoms with Gasteiger partial charge in [-0.05, 0) is 20.3 Å². The largest absolute Gasteiger partial charge is 0.350 e. The molecule has 0 atom stereocenters. The molecule has 0 radical (unpaired) electrons. The van der Waals surface area contributed by atoms with Gasteiger partial charge in [0, 0.05) is 5.92 Å². The summed E-state index contributed by atoms with van der Waals surface area (Å²) in [7, 11) is 0. The molecule has 0 aliphatic carbocycles. The van der Waals surface area contributed by atoms with Gasteiger partial charge in [0.25, 0.3) is 0 Å². The van der Waals surface area contributed by atoms with Gasteiger partial charge in [-0.25, -0.2) is 0 Å². The molecule has 1 aliphatic rings. The van der Waals surface area contributed by atoms with Gasteiger partial charge in [-0.2, -0.15) is 0 Å². The molecule has 0 N–H and O–H groups in total. The van der Waals surface area contributed by atoms with Crippen molar-refractivity contribution in [3.05, 3.63) is 12.7 Å². The Bertz CT molecular complexity index is 130. The predicted molar refractivity (Wildman–Crippen MR) is 44.3 cm³/mol. The van der Waals surface area contributed by atoms with Gasteiger partial charge < -0.3 is 9.47 Å². The Labute approximate surface area is 68.2 Å². The molecule has 2 nitrogen and oxygen atoms in total. The lowest BCUT2D eigenvalue weighted by Crippen LogP contribution is -2.39. The smallest absolute Gasteiger partial charge is 0.162 e. The predicted octanol–water partition coefficient (Wildman–Crippen LogP) is 1.96. The van der Waals surface area contributed by atoms with E-state index in [1.807, 2.05) is 19.9 Å². The molecule has 1 saturated heterocycles. The van der Waals surface area contributed by atoms with Crippen LogP contribution in [0.5, 0.6) is 0 Å². The second kappa shape index (κ2) is 3.37. The molecule has 0 spiro atoms. The number of rotatable bonds is 2. The zero-order valence-electron chi connectivity index (χ0n) is 7.30. The van der Waals surface area contributed by atoms with E-state index in [9.17, 15) is 0 Å². The molecule has 0 aromatic heterocycles. The first-order valence-electron chi connectivity index (χ1n) is 4.03. The zero-order chi connectivity index (χ0) is 8.32. The minimum absolute atomic E-state index is 0.377. The maximum atomic E-state index is 5.46. The normalized spacial score (nSPS) is 24.9. The summed E-state index contributed by atoms with van der Waals surface area (Å²) < 4.78 is 10.9. The van der Waals surface area contributed by atoms with Crippen LogP contribution in [0.25, 0.3) is 0 Å². The fourth-order valence-corrected chi connectivity index (χ4v) is 1.10. The van der Waals surface area contributed by atoms with Gasteiger partial charge in [0.05, 0.1) is 13.2 Å². The Morgan fingerprint density at radius 1 is 1.45 bits per heavy atom. The monoisotopic (exact) mass is 156 g/mol. The molecule has 0 amide bonds. The molecule has 1 rings (SSSR count). The first-order valence-corrected chi connectivity index (χ1v) is 4.03. The van der Waals surface area contributed by atoms with Crippen LogP contribution in [-0.4, -0.2) is 19.0 Å². The number of ether oxygens (including phenoxy) is 2. The summed E-state index contributed by atoms with van der Waals surface area (Å²) in [6.45, 7) is 9.14. The van der Waals surface area contributed by atoms with Crippen molar-refractivity contribution in [2.45, 2.75) is 26.1 Å². The Hall–Kier alpha value is -0.340. The zero-order valence-corrected chi connectivity index (χ0v) is 7.30. The van der Waals surface area contributed by atoms with Gasteiger partial charge in [-0.3, -0.25) is 0 Å². The molecular formula is C9H16O2. The summed E-state index contributed by atoms with van der Waals surface area (Å²) in [6, 6.07) is 0. The summed E-state index contributed by atoms with van der Waals surface area (Å²) in [6.07, 6.45) is 2.89. The van der Waals surface area contributed by atoms with Gasteiger partial charge in [-0.15, -0.1) is 6.58 Å². The summed E-state index contributed by atoms with van der Waals surface area (Å²) >= 11 is 0. The molecular weight excluding hydrogens is 140 g/mol. The van der Waals surface area contributed by atoms with Crippen molar-refractivity contribution in [3.8, 4) is 0 Å². The van der Waals surface area contributed by atoms with Gasteiger partial charge in [-0.1, -0.05) is 6.08 Å². The molecule has 1 aliphatic heterocycles. The van der Waals surface area contributed by atoms with Crippen molar-refractivity contribution in [3.63, 3.8) is 0 Å². The van der Waals surface area contributed by atoms with Gasteiger partial charge in [0.2, 0.25) is 0 Å². The van der Waals surface area contributed by atoms with Crippen molar-refractivity contribution < 1.29 is 9.47 Å². The first-order chi connectivity index (χ1) is 5.14. The number of hydrogen-bond acceptors (Lipinski definition) is 2. The number of hydrogen-bond donors (Lipinski definition) is 0. The van der Waals surface area contributed by atoms with Crippen LogP contribution in [0.1, 0.15) is 20.3 Å². The highest BCUT2D eigenvalue weighted by Gasteiger charge is 2.27. The molecule has 0 bridgehead atoms. The molecule has 1 heterocycles. The lowest BCUT2D eigenvalue weighted by Gasteiger charge is -2.34. The van der Waals surface area contributed by atoms with Crippen molar-refractivity contribution in [2.75, 3.05) is 13.2 Å². The minimum Gasteiger partial charge on any atom is -0.350 e. The maximum absolute atomic E-state index is 5.46. The summed E-state index contributed by atoms with van der Waals surface area (Å²) in [4.78, 5) is 0. The standard InChI is InChI=1S/C9H16O2/c1-4-5-8-6-10-9(2,3)11-7-8/h4,8H,1,5-7H2,2-3H3. The lowest BCUT2D eigenvalue weighted by molar-refractivity contribution is -0.261. The quantitative estimate of drug-likeness (QED) is 0.569. The molecule has 0 aromatic carbocycles. The van der Waals surface area contributed by atoms with Gasteiger partial charge >= 0.3 is 0 Å². The van der Waals surface area contributed by atoms with Gasteiger partial charge in [0.1, 0.15) is 0 Å². The second-order valence-electron chi connectivity index (χ2n) is 3.41. The molecule has 0 unspecified atom stereocenters. The van der Waals surface area contributed by atoms with Crippen LogP contribution < -0.4 is 0 Å². The van der Waals surface area contributed by atoms with Crippen LogP contribution in [-0.2, 0) is 9.47 Å². The van der Waals surface area contributed by atoms with E-state index in [1.165, 1.54) is 0 Å². The van der Waals surface area contributed by atoms with E-state index < -0.39 is 0 Å². The van der Waals surface area contributed by atoms with Crippen LogP contribution in [0.15, 0.2) is 12.7 Å². The molecule has 2 heteroatoms. The Morgan fingerprint density at radius 3 is 2.45 bits per heavy atom.